The van der Waals surface area contributed by atoms with Gasteiger partial charge in [-0.05, 0) is 50.1 Å². The number of ether oxygens (including phenoxy) is 2. The number of sulfonamides is 1. The SMILES string of the molecule is COc1ccc(S(=O)(=O)NCCOc2ccc(C)cc2)cc1C(=O)N1CCCCCC1. The van der Waals surface area contributed by atoms with Crippen LogP contribution in [-0.4, -0.2) is 52.6 Å². The van der Waals surface area contributed by atoms with E-state index in [-0.39, 0.29) is 29.5 Å². The minimum Gasteiger partial charge on any atom is -0.496 e. The zero-order valence-electron chi connectivity index (χ0n) is 18.1. The quantitative estimate of drug-likeness (QED) is 0.629. The van der Waals surface area contributed by atoms with Crippen LogP contribution < -0.4 is 14.2 Å². The summed E-state index contributed by atoms with van der Waals surface area (Å²) in [5.74, 6) is 0.856. The monoisotopic (exact) mass is 446 g/mol. The normalized spacial score (nSPS) is 14.7. The first-order valence-corrected chi connectivity index (χ1v) is 12.1. The fourth-order valence-corrected chi connectivity index (χ4v) is 4.57. The summed E-state index contributed by atoms with van der Waals surface area (Å²) >= 11 is 0. The van der Waals surface area contributed by atoms with Crippen LogP contribution in [-0.2, 0) is 10.0 Å². The maximum atomic E-state index is 13.1. The number of likely N-dealkylation sites (tertiary alicyclic amines) is 1. The van der Waals surface area contributed by atoms with Crippen LogP contribution in [0, 0.1) is 6.92 Å². The summed E-state index contributed by atoms with van der Waals surface area (Å²) in [5, 5.41) is 0. The van der Waals surface area contributed by atoms with Gasteiger partial charge in [0.25, 0.3) is 5.91 Å². The third kappa shape index (κ3) is 6.21. The van der Waals surface area contributed by atoms with Gasteiger partial charge in [-0.1, -0.05) is 30.5 Å². The highest BCUT2D eigenvalue weighted by atomic mass is 32.2. The molecule has 1 N–H and O–H groups in total. The molecule has 2 aromatic carbocycles. The number of nitrogens with one attached hydrogen (secondary N) is 1. The van der Waals surface area contributed by atoms with Crippen molar-refractivity contribution in [3.05, 3.63) is 53.6 Å². The van der Waals surface area contributed by atoms with Gasteiger partial charge in [0.05, 0.1) is 17.6 Å². The van der Waals surface area contributed by atoms with Crippen molar-refractivity contribution < 1.29 is 22.7 Å². The van der Waals surface area contributed by atoms with Crippen LogP contribution in [0.15, 0.2) is 47.4 Å². The number of amides is 1. The van der Waals surface area contributed by atoms with E-state index in [2.05, 4.69) is 4.72 Å². The molecule has 0 saturated carbocycles. The molecule has 1 fully saturated rings. The predicted octanol–water partition coefficient (Wildman–Crippen LogP) is 3.38. The van der Waals surface area contributed by atoms with Crippen LogP contribution in [0.25, 0.3) is 0 Å². The van der Waals surface area contributed by atoms with Crippen LogP contribution in [0.2, 0.25) is 0 Å². The molecule has 0 bridgehead atoms. The largest absolute Gasteiger partial charge is 0.496 e. The molecule has 3 rings (SSSR count). The Balaban J connectivity index is 1.68. The minimum atomic E-state index is -3.80. The van der Waals surface area contributed by atoms with E-state index < -0.39 is 10.0 Å². The summed E-state index contributed by atoms with van der Waals surface area (Å²) < 4.78 is 39.0. The van der Waals surface area contributed by atoms with Crippen LogP contribution in [0.1, 0.15) is 41.6 Å². The first-order chi connectivity index (χ1) is 14.9. The summed E-state index contributed by atoms with van der Waals surface area (Å²) in [6, 6.07) is 11.9. The van der Waals surface area contributed by atoms with Crippen LogP contribution in [0.5, 0.6) is 11.5 Å². The van der Waals surface area contributed by atoms with Crippen molar-refractivity contribution in [2.45, 2.75) is 37.5 Å². The van der Waals surface area contributed by atoms with E-state index in [1.54, 1.807) is 4.90 Å². The number of hydrogen-bond donors (Lipinski definition) is 1. The highest BCUT2D eigenvalue weighted by Gasteiger charge is 2.24. The third-order valence-electron chi connectivity index (χ3n) is 5.29. The topological polar surface area (TPSA) is 84.9 Å². The maximum Gasteiger partial charge on any atom is 0.257 e. The lowest BCUT2D eigenvalue weighted by Gasteiger charge is -2.22. The second-order valence-corrected chi connectivity index (χ2v) is 9.39. The van der Waals surface area contributed by atoms with E-state index in [4.69, 9.17) is 9.47 Å². The van der Waals surface area contributed by atoms with E-state index >= 15 is 0 Å². The first kappa shape index (κ1) is 23.1. The van der Waals surface area contributed by atoms with Gasteiger partial charge in [0.2, 0.25) is 10.0 Å². The number of hydrogen-bond acceptors (Lipinski definition) is 5. The predicted molar refractivity (Wildman–Crippen MR) is 119 cm³/mol. The van der Waals surface area contributed by atoms with Gasteiger partial charge >= 0.3 is 0 Å². The molecule has 0 radical (unpaired) electrons. The van der Waals surface area contributed by atoms with Gasteiger partial charge in [0.1, 0.15) is 18.1 Å². The molecular weight excluding hydrogens is 416 g/mol. The minimum absolute atomic E-state index is 0.0295. The molecule has 1 aliphatic rings. The van der Waals surface area contributed by atoms with E-state index in [1.165, 1.54) is 25.3 Å². The summed E-state index contributed by atoms with van der Waals surface area (Å²) in [5.41, 5.74) is 1.39. The lowest BCUT2D eigenvalue weighted by atomic mass is 10.1. The third-order valence-corrected chi connectivity index (χ3v) is 6.75. The molecule has 0 atom stereocenters. The van der Waals surface area contributed by atoms with Gasteiger partial charge in [-0.15, -0.1) is 0 Å². The van der Waals surface area contributed by atoms with Gasteiger partial charge in [0, 0.05) is 19.6 Å². The lowest BCUT2D eigenvalue weighted by Crippen LogP contribution is -2.32. The van der Waals surface area contributed by atoms with Gasteiger partial charge in [-0.2, -0.15) is 0 Å². The Morgan fingerprint density at radius 1 is 1.03 bits per heavy atom. The summed E-state index contributed by atoms with van der Waals surface area (Å²) in [6.45, 7) is 3.63. The number of aryl methyl sites for hydroxylation is 1. The number of nitrogens with zero attached hydrogens (tertiary/aromatic N) is 1. The first-order valence-electron chi connectivity index (χ1n) is 10.6. The molecule has 0 aliphatic carbocycles. The van der Waals surface area contributed by atoms with Crippen molar-refractivity contribution in [2.24, 2.45) is 0 Å². The Labute approximate surface area is 184 Å². The van der Waals surface area contributed by atoms with Crippen molar-refractivity contribution in [3.8, 4) is 11.5 Å². The molecule has 1 heterocycles. The number of benzene rings is 2. The Morgan fingerprint density at radius 2 is 1.71 bits per heavy atom. The standard InChI is InChI=1S/C23H30N2O5S/c1-18-7-9-19(10-8-18)30-16-13-24-31(27,28)20-11-12-22(29-2)21(17-20)23(26)25-14-5-3-4-6-15-25/h7-12,17,24H,3-6,13-16H2,1-2H3. The molecule has 0 aromatic heterocycles. The molecule has 8 heteroatoms. The van der Waals surface area contributed by atoms with Gasteiger partial charge in [-0.3, -0.25) is 4.79 Å². The highest BCUT2D eigenvalue weighted by molar-refractivity contribution is 7.89. The lowest BCUT2D eigenvalue weighted by molar-refractivity contribution is 0.0758. The molecule has 7 nitrogen and oxygen atoms in total. The van der Waals surface area contributed by atoms with Gasteiger partial charge < -0.3 is 14.4 Å². The van der Waals surface area contributed by atoms with Crippen molar-refractivity contribution in [3.63, 3.8) is 0 Å². The second kappa shape index (κ2) is 10.6. The maximum absolute atomic E-state index is 13.1. The molecule has 1 aliphatic heterocycles. The van der Waals surface area contributed by atoms with Crippen LogP contribution in [0.4, 0.5) is 0 Å². The summed E-state index contributed by atoms with van der Waals surface area (Å²) in [4.78, 5) is 14.9. The van der Waals surface area contributed by atoms with E-state index in [0.29, 0.717) is 24.6 Å². The van der Waals surface area contributed by atoms with E-state index in [1.807, 2.05) is 31.2 Å². The fraction of sp³-hybridized carbons (Fsp3) is 0.435. The highest BCUT2D eigenvalue weighted by Crippen LogP contribution is 2.25. The van der Waals surface area contributed by atoms with Gasteiger partial charge in [0.15, 0.2) is 0 Å². The molecule has 2 aromatic rings. The van der Waals surface area contributed by atoms with Crippen molar-refractivity contribution in [1.82, 2.24) is 9.62 Å². The van der Waals surface area contributed by atoms with Crippen molar-refractivity contribution in [2.75, 3.05) is 33.4 Å². The van der Waals surface area contributed by atoms with E-state index in [9.17, 15) is 13.2 Å². The van der Waals surface area contributed by atoms with Crippen LogP contribution >= 0.6 is 0 Å². The number of methoxy groups -OCH3 is 1. The molecular formula is C23H30N2O5S. The van der Waals surface area contributed by atoms with Crippen molar-refractivity contribution in [1.29, 1.82) is 0 Å². The molecule has 31 heavy (non-hydrogen) atoms. The molecule has 0 unspecified atom stereocenters. The number of rotatable bonds is 8. The molecule has 1 saturated heterocycles. The average molecular weight is 447 g/mol. The summed E-state index contributed by atoms with van der Waals surface area (Å²) in [6.07, 6.45) is 4.11. The summed E-state index contributed by atoms with van der Waals surface area (Å²) in [7, 11) is -2.32. The fourth-order valence-electron chi connectivity index (χ4n) is 3.53. The smallest absolute Gasteiger partial charge is 0.257 e. The Hall–Kier alpha value is -2.58. The Bertz CT molecular complexity index is 982. The molecule has 168 valence electrons. The van der Waals surface area contributed by atoms with Crippen LogP contribution in [0.3, 0.4) is 0 Å². The van der Waals surface area contributed by atoms with Crippen molar-refractivity contribution >= 4 is 15.9 Å². The Morgan fingerprint density at radius 3 is 2.35 bits per heavy atom. The zero-order valence-corrected chi connectivity index (χ0v) is 18.9. The number of carbonyl (C=O) groups is 1. The average Bonchev–Trinajstić information content (AvgIpc) is 3.06. The zero-order chi connectivity index (χ0) is 22.3. The van der Waals surface area contributed by atoms with E-state index in [0.717, 1.165) is 31.2 Å². The van der Waals surface area contributed by atoms with Gasteiger partial charge in [-0.25, -0.2) is 13.1 Å². The Kier molecular flexibility index (Phi) is 7.92. The molecule has 1 amide bonds. The number of carbonyl (C=O) groups excluding carboxylic acids is 1. The molecule has 0 spiro atoms. The second-order valence-electron chi connectivity index (χ2n) is 7.63.